The predicted molar refractivity (Wildman–Crippen MR) is 79.4 cm³/mol. The monoisotopic (exact) mass is 287 g/mol. The molecule has 110 valence electrons. The molecule has 2 aromatic rings. The van der Waals surface area contributed by atoms with E-state index < -0.39 is 5.97 Å². The van der Waals surface area contributed by atoms with E-state index in [1.165, 1.54) is 6.20 Å². The molecule has 0 aliphatic rings. The first-order chi connectivity index (χ1) is 10.0. The molecule has 21 heavy (non-hydrogen) atoms. The van der Waals surface area contributed by atoms with Gasteiger partial charge in [-0.1, -0.05) is 12.1 Å². The highest BCUT2D eigenvalue weighted by Gasteiger charge is 2.18. The van der Waals surface area contributed by atoms with E-state index in [0.29, 0.717) is 22.8 Å². The summed E-state index contributed by atoms with van der Waals surface area (Å²) >= 11 is 0. The third kappa shape index (κ3) is 3.10. The number of nitrogens with zero attached hydrogens (tertiary/aromatic N) is 3. The van der Waals surface area contributed by atoms with E-state index in [4.69, 9.17) is 4.74 Å². The van der Waals surface area contributed by atoms with E-state index in [2.05, 4.69) is 9.97 Å². The molecule has 0 amide bonds. The molecule has 0 radical (unpaired) electrons. The van der Waals surface area contributed by atoms with Crippen LogP contribution in [0.3, 0.4) is 0 Å². The third-order valence-electron chi connectivity index (χ3n) is 2.83. The van der Waals surface area contributed by atoms with Gasteiger partial charge in [0.25, 0.3) is 0 Å². The number of phenolic OH excluding ortho intramolecular Hbond substituents is 1. The van der Waals surface area contributed by atoms with Crippen molar-refractivity contribution in [3.63, 3.8) is 0 Å². The van der Waals surface area contributed by atoms with Crippen LogP contribution in [-0.2, 0) is 4.74 Å². The molecule has 0 saturated heterocycles. The Balaban J connectivity index is 2.51. The minimum absolute atomic E-state index is 0.0890. The van der Waals surface area contributed by atoms with E-state index in [0.717, 1.165) is 0 Å². The summed E-state index contributed by atoms with van der Waals surface area (Å²) in [5, 5.41) is 9.87. The third-order valence-corrected chi connectivity index (χ3v) is 2.83. The number of benzene rings is 1. The maximum absolute atomic E-state index is 11.9. The van der Waals surface area contributed by atoms with Gasteiger partial charge < -0.3 is 14.7 Å². The molecule has 0 unspecified atom stereocenters. The second-order valence-electron chi connectivity index (χ2n) is 4.56. The van der Waals surface area contributed by atoms with Gasteiger partial charge in [-0.3, -0.25) is 0 Å². The number of para-hydroxylation sites is 1. The molecule has 1 aromatic carbocycles. The van der Waals surface area contributed by atoms with Crippen molar-refractivity contribution in [3.05, 3.63) is 36.0 Å². The molecule has 0 saturated carbocycles. The van der Waals surface area contributed by atoms with Crippen LogP contribution >= 0.6 is 0 Å². The van der Waals surface area contributed by atoms with Gasteiger partial charge in [0, 0.05) is 20.3 Å². The summed E-state index contributed by atoms with van der Waals surface area (Å²) < 4.78 is 4.99. The molecule has 1 aromatic heterocycles. The maximum atomic E-state index is 11.9. The van der Waals surface area contributed by atoms with Crippen molar-refractivity contribution in [2.75, 3.05) is 25.6 Å². The number of hydrogen-bond acceptors (Lipinski definition) is 6. The Kier molecular flexibility index (Phi) is 4.37. The van der Waals surface area contributed by atoms with Gasteiger partial charge in [-0.2, -0.15) is 0 Å². The minimum Gasteiger partial charge on any atom is -0.507 e. The van der Waals surface area contributed by atoms with Crippen LogP contribution < -0.4 is 4.90 Å². The number of ether oxygens (including phenoxy) is 1. The molecule has 0 bridgehead atoms. The van der Waals surface area contributed by atoms with Gasteiger partial charge in [-0.05, 0) is 19.1 Å². The number of esters is 1. The standard InChI is InChI=1S/C15H17N3O3/c1-4-21-15(20)11-9-16-13(17-14(11)18(2)3)10-7-5-6-8-12(10)19/h5-9,19H,4H2,1-3H3. The number of rotatable bonds is 4. The zero-order valence-electron chi connectivity index (χ0n) is 12.2. The number of hydrogen-bond donors (Lipinski definition) is 1. The van der Waals surface area contributed by atoms with Crippen LogP contribution in [-0.4, -0.2) is 41.7 Å². The van der Waals surface area contributed by atoms with E-state index in [-0.39, 0.29) is 12.4 Å². The van der Waals surface area contributed by atoms with Gasteiger partial charge in [0.2, 0.25) is 0 Å². The number of phenols is 1. The van der Waals surface area contributed by atoms with Crippen molar-refractivity contribution in [2.24, 2.45) is 0 Å². The molecule has 1 heterocycles. The van der Waals surface area contributed by atoms with Crippen molar-refractivity contribution >= 4 is 11.8 Å². The van der Waals surface area contributed by atoms with Crippen molar-refractivity contribution in [2.45, 2.75) is 6.92 Å². The number of aromatic nitrogens is 2. The van der Waals surface area contributed by atoms with Crippen molar-refractivity contribution in [1.29, 1.82) is 0 Å². The van der Waals surface area contributed by atoms with Crippen LogP contribution in [0, 0.1) is 0 Å². The van der Waals surface area contributed by atoms with E-state index in [1.807, 2.05) is 0 Å². The van der Waals surface area contributed by atoms with Gasteiger partial charge in [-0.25, -0.2) is 14.8 Å². The Morgan fingerprint density at radius 2 is 2.05 bits per heavy atom. The summed E-state index contributed by atoms with van der Waals surface area (Å²) in [6.45, 7) is 2.03. The first kappa shape index (κ1) is 14.8. The van der Waals surface area contributed by atoms with Crippen LogP contribution in [0.5, 0.6) is 5.75 Å². The fourth-order valence-corrected chi connectivity index (χ4v) is 1.86. The quantitative estimate of drug-likeness (QED) is 0.868. The molecule has 0 spiro atoms. The second-order valence-corrected chi connectivity index (χ2v) is 4.56. The Hall–Kier alpha value is -2.63. The second kappa shape index (κ2) is 6.21. The lowest BCUT2D eigenvalue weighted by Gasteiger charge is -2.16. The van der Waals surface area contributed by atoms with E-state index >= 15 is 0 Å². The molecule has 6 heteroatoms. The zero-order chi connectivity index (χ0) is 15.4. The van der Waals surface area contributed by atoms with E-state index in [1.54, 1.807) is 50.2 Å². The summed E-state index contributed by atoms with van der Waals surface area (Å²) in [6.07, 6.45) is 1.42. The maximum Gasteiger partial charge on any atom is 0.343 e. The highest BCUT2D eigenvalue weighted by atomic mass is 16.5. The van der Waals surface area contributed by atoms with E-state index in [9.17, 15) is 9.90 Å². The molecule has 0 aliphatic heterocycles. The summed E-state index contributed by atoms with van der Waals surface area (Å²) in [7, 11) is 3.55. The average molecular weight is 287 g/mol. The molecular weight excluding hydrogens is 270 g/mol. The van der Waals surface area contributed by atoms with Crippen molar-refractivity contribution in [3.8, 4) is 17.1 Å². The van der Waals surface area contributed by atoms with Crippen LogP contribution in [0.4, 0.5) is 5.82 Å². The first-order valence-corrected chi connectivity index (χ1v) is 6.54. The van der Waals surface area contributed by atoms with Gasteiger partial charge in [0.05, 0.1) is 12.2 Å². The number of carbonyl (C=O) groups is 1. The first-order valence-electron chi connectivity index (χ1n) is 6.54. The van der Waals surface area contributed by atoms with Crippen molar-refractivity contribution in [1.82, 2.24) is 9.97 Å². The Labute approximate surface area is 123 Å². The summed E-state index contributed by atoms with van der Waals surface area (Å²) in [5.41, 5.74) is 0.803. The molecule has 0 fully saturated rings. The van der Waals surface area contributed by atoms with Crippen LogP contribution in [0.15, 0.2) is 30.5 Å². The van der Waals surface area contributed by atoms with Crippen molar-refractivity contribution < 1.29 is 14.6 Å². The molecule has 1 N–H and O–H groups in total. The SMILES string of the molecule is CCOC(=O)c1cnc(-c2ccccc2O)nc1N(C)C. The molecule has 0 atom stereocenters. The smallest absolute Gasteiger partial charge is 0.343 e. The highest BCUT2D eigenvalue weighted by molar-refractivity contribution is 5.94. The Bertz CT molecular complexity index is 656. The molecule has 2 rings (SSSR count). The van der Waals surface area contributed by atoms with Gasteiger partial charge in [-0.15, -0.1) is 0 Å². The Morgan fingerprint density at radius 3 is 2.67 bits per heavy atom. The number of anilines is 1. The Morgan fingerprint density at radius 1 is 1.33 bits per heavy atom. The predicted octanol–water partition coefficient (Wildman–Crippen LogP) is 2.09. The molecule has 0 aliphatic carbocycles. The fourth-order valence-electron chi connectivity index (χ4n) is 1.86. The van der Waals surface area contributed by atoms with Crippen LogP contribution in [0.2, 0.25) is 0 Å². The summed E-state index contributed by atoms with van der Waals surface area (Å²) in [4.78, 5) is 22.1. The lowest BCUT2D eigenvalue weighted by molar-refractivity contribution is 0.0526. The summed E-state index contributed by atoms with van der Waals surface area (Å²) in [5.74, 6) is 0.419. The zero-order valence-corrected chi connectivity index (χ0v) is 12.2. The largest absolute Gasteiger partial charge is 0.507 e. The fraction of sp³-hybridized carbons (Fsp3) is 0.267. The van der Waals surface area contributed by atoms with Gasteiger partial charge >= 0.3 is 5.97 Å². The molecule has 6 nitrogen and oxygen atoms in total. The van der Waals surface area contributed by atoms with Gasteiger partial charge in [0.1, 0.15) is 17.1 Å². The number of carbonyl (C=O) groups excluding carboxylic acids is 1. The van der Waals surface area contributed by atoms with Gasteiger partial charge in [0.15, 0.2) is 5.82 Å². The average Bonchev–Trinajstić information content (AvgIpc) is 2.47. The summed E-state index contributed by atoms with van der Waals surface area (Å²) in [6, 6.07) is 6.78. The number of aromatic hydroxyl groups is 1. The molecular formula is C15H17N3O3. The highest BCUT2D eigenvalue weighted by Crippen LogP contribution is 2.28. The van der Waals surface area contributed by atoms with Crippen LogP contribution in [0.1, 0.15) is 17.3 Å². The lowest BCUT2D eigenvalue weighted by atomic mass is 10.2. The topological polar surface area (TPSA) is 75.5 Å². The van der Waals surface area contributed by atoms with Crippen LogP contribution in [0.25, 0.3) is 11.4 Å². The normalized spacial score (nSPS) is 10.2. The lowest BCUT2D eigenvalue weighted by Crippen LogP contribution is -2.18. The minimum atomic E-state index is -0.468.